The summed E-state index contributed by atoms with van der Waals surface area (Å²) in [6.45, 7) is 4.69. The largest absolute Gasteiger partial charge is 0.469 e. The minimum atomic E-state index is -3.49. The van der Waals surface area contributed by atoms with E-state index in [0.29, 0.717) is 0 Å². The minimum absolute atomic E-state index is 0.0149. The summed E-state index contributed by atoms with van der Waals surface area (Å²) < 4.78 is 33.3. The fourth-order valence-electron chi connectivity index (χ4n) is 2.97. The first-order chi connectivity index (χ1) is 14.1. The number of nitrogens with zero attached hydrogens (tertiary/aromatic N) is 3. The van der Waals surface area contributed by atoms with Crippen LogP contribution in [0.15, 0.2) is 34.3 Å². The Balaban J connectivity index is 2.65. The zero-order chi connectivity index (χ0) is 23.8. The summed E-state index contributed by atoms with van der Waals surface area (Å²) in [7, 11) is -1.12. The van der Waals surface area contributed by atoms with Gasteiger partial charge in [0.25, 0.3) is 5.91 Å². The van der Waals surface area contributed by atoms with Crippen molar-refractivity contribution in [3.8, 4) is 0 Å². The van der Waals surface area contributed by atoms with E-state index in [1.54, 1.807) is 20.8 Å². The lowest BCUT2D eigenvalue weighted by Gasteiger charge is -2.35. The molecule has 0 aromatic heterocycles. The number of hydrogen-bond donors (Lipinski definition) is 1. The van der Waals surface area contributed by atoms with Gasteiger partial charge in [-0.2, -0.15) is 10.2 Å². The van der Waals surface area contributed by atoms with Crippen molar-refractivity contribution in [2.24, 2.45) is 5.10 Å². The van der Waals surface area contributed by atoms with E-state index in [4.69, 9.17) is 4.74 Å². The van der Waals surface area contributed by atoms with E-state index in [9.17, 15) is 28.0 Å². The van der Waals surface area contributed by atoms with Crippen LogP contribution in [0, 0.1) is 0 Å². The molecule has 0 aliphatic carbocycles. The zero-order valence-corrected chi connectivity index (χ0v) is 18.9. The lowest BCUT2D eigenvalue weighted by Crippen LogP contribution is -2.62. The molecule has 1 aromatic rings. The van der Waals surface area contributed by atoms with Crippen molar-refractivity contribution >= 4 is 33.5 Å². The monoisotopic (exact) mass is 455 g/mol. The first-order valence-electron chi connectivity index (χ1n) is 9.10. The molecule has 1 aliphatic rings. The Labute approximate surface area is 180 Å². The molecule has 0 fully saturated rings. The number of methoxy groups -OCH3 is 1. The van der Waals surface area contributed by atoms with Gasteiger partial charge in [0.2, 0.25) is 5.54 Å². The number of benzene rings is 1. The lowest BCUT2D eigenvalue weighted by molar-refractivity contribution is -0.172. The number of ether oxygens (including phenoxy) is 2. The molecule has 2 amide bonds. The second-order valence-corrected chi connectivity index (χ2v) is 9.99. The van der Waals surface area contributed by atoms with Crippen molar-refractivity contribution in [1.29, 1.82) is 0 Å². The van der Waals surface area contributed by atoms with Gasteiger partial charge in [0.05, 0.1) is 18.4 Å². The number of hydroxylamine groups is 2. The summed E-state index contributed by atoms with van der Waals surface area (Å²) in [5.74, 6) is -1.78. The summed E-state index contributed by atoms with van der Waals surface area (Å²) in [5, 5.41) is 15.8. The van der Waals surface area contributed by atoms with E-state index >= 15 is 0 Å². The highest BCUT2D eigenvalue weighted by atomic mass is 32.2. The molecule has 1 unspecified atom stereocenters. The molecule has 2 rings (SSSR count). The van der Waals surface area contributed by atoms with Gasteiger partial charge in [0, 0.05) is 18.9 Å². The Morgan fingerprint density at radius 2 is 1.77 bits per heavy atom. The van der Waals surface area contributed by atoms with Crippen LogP contribution in [0.2, 0.25) is 0 Å². The summed E-state index contributed by atoms with van der Waals surface area (Å²) in [5.41, 5.74) is -3.24. The van der Waals surface area contributed by atoms with E-state index < -0.39 is 45.4 Å². The van der Waals surface area contributed by atoms with Crippen LogP contribution in [0.4, 0.5) is 4.79 Å². The highest BCUT2D eigenvalue weighted by Gasteiger charge is 2.59. The lowest BCUT2D eigenvalue weighted by atomic mass is 9.84. The van der Waals surface area contributed by atoms with Crippen molar-refractivity contribution < 1.29 is 37.5 Å². The molecular weight excluding hydrogens is 430 g/mol. The Bertz CT molecular complexity index is 1030. The Morgan fingerprint density at radius 3 is 2.23 bits per heavy atom. The third kappa shape index (κ3) is 4.85. The molecule has 170 valence electrons. The molecule has 0 radical (unpaired) electrons. The van der Waals surface area contributed by atoms with Crippen LogP contribution >= 0.6 is 0 Å². The molecule has 12 heteroatoms. The van der Waals surface area contributed by atoms with Crippen LogP contribution in [-0.2, 0) is 28.9 Å². The Hall–Kier alpha value is -2.99. The van der Waals surface area contributed by atoms with Gasteiger partial charge in [0.1, 0.15) is 11.3 Å². The average molecular weight is 455 g/mol. The quantitative estimate of drug-likeness (QED) is 0.396. The Morgan fingerprint density at radius 1 is 1.23 bits per heavy atom. The van der Waals surface area contributed by atoms with Crippen LogP contribution in [0.25, 0.3) is 0 Å². The number of likely N-dealkylation sites (N-methyl/N-ethyl adjacent to an activating group) is 1. The topological polar surface area (TPSA) is 143 Å². The number of hydrazone groups is 1. The highest BCUT2D eigenvalue weighted by molar-refractivity contribution is 7.90. The van der Waals surface area contributed by atoms with Crippen molar-refractivity contribution in [2.45, 2.75) is 43.2 Å². The number of carbonyl (C=O) groups is 3. The molecule has 1 heterocycles. The van der Waals surface area contributed by atoms with Crippen LogP contribution in [-0.4, -0.2) is 78.9 Å². The molecule has 1 aromatic carbocycles. The molecule has 0 bridgehead atoms. The maximum atomic E-state index is 13.1. The number of carbonyl (C=O) groups excluding carboxylic acids is 3. The summed E-state index contributed by atoms with van der Waals surface area (Å²) in [4.78, 5) is 37.9. The maximum absolute atomic E-state index is 13.1. The smallest absolute Gasteiger partial charge is 0.435 e. The minimum Gasteiger partial charge on any atom is -0.469 e. The van der Waals surface area contributed by atoms with E-state index in [2.05, 4.69) is 9.84 Å². The van der Waals surface area contributed by atoms with Crippen LogP contribution in [0.5, 0.6) is 0 Å². The second-order valence-electron chi connectivity index (χ2n) is 7.98. The van der Waals surface area contributed by atoms with E-state index in [-0.39, 0.29) is 21.2 Å². The molecule has 11 nitrogen and oxygen atoms in total. The number of hydrogen-bond acceptors (Lipinski definition) is 9. The molecule has 1 atom stereocenters. The number of rotatable bonds is 5. The molecule has 1 aliphatic heterocycles. The second kappa shape index (κ2) is 8.27. The molecular formula is C19H25N3O8S. The fourth-order valence-corrected chi connectivity index (χ4v) is 3.60. The van der Waals surface area contributed by atoms with Gasteiger partial charge < -0.3 is 9.47 Å². The number of esters is 1. The predicted octanol–water partition coefficient (Wildman–Crippen LogP) is 1.19. The van der Waals surface area contributed by atoms with Crippen LogP contribution in [0.3, 0.4) is 0 Å². The summed E-state index contributed by atoms with van der Waals surface area (Å²) in [6.07, 6.45) is -0.999. The maximum Gasteiger partial charge on any atom is 0.435 e. The van der Waals surface area contributed by atoms with Gasteiger partial charge >= 0.3 is 12.1 Å². The predicted molar refractivity (Wildman–Crippen MR) is 108 cm³/mol. The summed E-state index contributed by atoms with van der Waals surface area (Å²) >= 11 is 0. The first kappa shape index (κ1) is 24.3. The molecule has 0 spiro atoms. The van der Waals surface area contributed by atoms with Gasteiger partial charge in [-0.1, -0.05) is 12.1 Å². The SMILES string of the molecule is COC(=O)CC1(N(O)C(=O)OC(C)(C)C)C(=O)N(C)N=C1c1ccc(S(C)(=O)=O)cc1. The van der Waals surface area contributed by atoms with E-state index in [0.717, 1.165) is 18.4 Å². The van der Waals surface area contributed by atoms with Crippen molar-refractivity contribution in [3.05, 3.63) is 29.8 Å². The highest BCUT2D eigenvalue weighted by Crippen LogP contribution is 2.34. The van der Waals surface area contributed by atoms with Gasteiger partial charge in [-0.05, 0) is 32.9 Å². The molecule has 0 saturated heterocycles. The zero-order valence-electron chi connectivity index (χ0n) is 18.1. The molecule has 31 heavy (non-hydrogen) atoms. The summed E-state index contributed by atoms with van der Waals surface area (Å²) in [6, 6.07) is 5.29. The van der Waals surface area contributed by atoms with Crippen LogP contribution < -0.4 is 0 Å². The van der Waals surface area contributed by atoms with Crippen molar-refractivity contribution in [2.75, 3.05) is 20.4 Å². The normalized spacial score (nSPS) is 19.1. The third-order valence-corrected chi connectivity index (χ3v) is 5.53. The van der Waals surface area contributed by atoms with E-state index in [1.165, 1.54) is 31.3 Å². The fraction of sp³-hybridized carbons (Fsp3) is 0.474. The number of sulfone groups is 1. The average Bonchev–Trinajstić information content (AvgIpc) is 2.91. The number of amides is 2. The standard InChI is InChI=1S/C19H25N3O8S/c1-18(2,3)30-17(25)22(26)19(11-14(23)29-5)15(20-21(4)16(19)24)12-7-9-13(10-8-12)31(6,27)28/h7-10,26H,11H2,1-6H3. The first-order valence-corrected chi connectivity index (χ1v) is 11.0. The van der Waals surface area contributed by atoms with E-state index in [1.807, 2.05) is 0 Å². The van der Waals surface area contributed by atoms with Gasteiger partial charge in [0.15, 0.2) is 9.84 Å². The van der Waals surface area contributed by atoms with Gasteiger partial charge in [-0.25, -0.2) is 18.2 Å². The molecule has 0 saturated carbocycles. The van der Waals surface area contributed by atoms with Crippen LogP contribution in [0.1, 0.15) is 32.8 Å². The molecule has 1 N–H and O–H groups in total. The van der Waals surface area contributed by atoms with Crippen molar-refractivity contribution in [1.82, 2.24) is 10.1 Å². The van der Waals surface area contributed by atoms with Gasteiger partial charge in [-0.15, -0.1) is 0 Å². The van der Waals surface area contributed by atoms with Crippen molar-refractivity contribution in [3.63, 3.8) is 0 Å². The third-order valence-electron chi connectivity index (χ3n) is 4.40. The van der Waals surface area contributed by atoms with Gasteiger partial charge in [-0.3, -0.25) is 14.8 Å². The Kier molecular flexibility index (Phi) is 6.48.